The Morgan fingerprint density at radius 1 is 1.21 bits per heavy atom. The number of H-pyrrole nitrogens is 1. The first-order valence-electron chi connectivity index (χ1n) is 5.60. The van der Waals surface area contributed by atoms with E-state index in [1.165, 1.54) is 12.3 Å². The molecule has 0 aliphatic heterocycles. The summed E-state index contributed by atoms with van der Waals surface area (Å²) in [6.45, 7) is 0. The fourth-order valence-corrected chi connectivity index (χ4v) is 1.79. The first-order valence-corrected chi connectivity index (χ1v) is 5.60. The summed E-state index contributed by atoms with van der Waals surface area (Å²) in [6.07, 6.45) is 1.51. The summed E-state index contributed by atoms with van der Waals surface area (Å²) in [5.41, 5.74) is 0.770. The van der Waals surface area contributed by atoms with E-state index < -0.39 is 11.7 Å². The molecule has 0 aliphatic rings. The van der Waals surface area contributed by atoms with Crippen molar-refractivity contribution in [2.24, 2.45) is 0 Å². The molecule has 0 aliphatic carbocycles. The minimum absolute atomic E-state index is 0.156. The number of anilines is 1. The van der Waals surface area contributed by atoms with Crippen molar-refractivity contribution in [1.29, 1.82) is 0 Å². The summed E-state index contributed by atoms with van der Waals surface area (Å²) < 4.78 is 13.7. The monoisotopic (exact) mass is 256 g/mol. The molecule has 0 saturated heterocycles. The van der Waals surface area contributed by atoms with Gasteiger partial charge < -0.3 is 5.32 Å². The third-order valence-electron chi connectivity index (χ3n) is 2.67. The number of benzene rings is 1. The van der Waals surface area contributed by atoms with E-state index in [1.54, 1.807) is 30.3 Å². The van der Waals surface area contributed by atoms with Gasteiger partial charge in [0.15, 0.2) is 5.82 Å². The number of carbonyl (C=O) groups is 1. The van der Waals surface area contributed by atoms with Gasteiger partial charge in [-0.25, -0.2) is 4.39 Å². The number of aromatic amines is 1. The summed E-state index contributed by atoms with van der Waals surface area (Å²) in [5, 5.41) is 9.35. The summed E-state index contributed by atoms with van der Waals surface area (Å²) >= 11 is 0. The first kappa shape index (κ1) is 11.3. The van der Waals surface area contributed by atoms with Gasteiger partial charge in [0.2, 0.25) is 0 Å². The molecule has 94 valence electrons. The van der Waals surface area contributed by atoms with Crippen molar-refractivity contribution in [3.05, 3.63) is 54.1 Å². The van der Waals surface area contributed by atoms with Crippen molar-refractivity contribution in [2.45, 2.75) is 0 Å². The van der Waals surface area contributed by atoms with Crippen LogP contribution >= 0.6 is 0 Å². The largest absolute Gasteiger partial charge is 0.303 e. The van der Waals surface area contributed by atoms with E-state index in [2.05, 4.69) is 20.5 Å². The number of nitrogens with zero attached hydrogens (tertiary/aromatic N) is 2. The van der Waals surface area contributed by atoms with Gasteiger partial charge in [-0.3, -0.25) is 14.9 Å². The third kappa shape index (κ3) is 2.03. The highest BCUT2D eigenvalue weighted by Gasteiger charge is 2.14. The average Bonchev–Trinajstić information content (AvgIpc) is 2.84. The molecule has 1 amide bonds. The Kier molecular flexibility index (Phi) is 2.68. The molecule has 6 heteroatoms. The smallest absolute Gasteiger partial charge is 0.275 e. The van der Waals surface area contributed by atoms with E-state index in [-0.39, 0.29) is 16.9 Å². The molecule has 0 unspecified atom stereocenters. The summed E-state index contributed by atoms with van der Waals surface area (Å²) in [4.78, 5) is 15.8. The number of carbonyl (C=O) groups excluding carboxylic acids is 1. The number of aromatic nitrogens is 3. The van der Waals surface area contributed by atoms with Crippen LogP contribution in [-0.4, -0.2) is 21.1 Å². The fraction of sp³-hybridized carbons (Fsp3) is 0. The number of amides is 1. The maximum absolute atomic E-state index is 13.7. The van der Waals surface area contributed by atoms with Gasteiger partial charge in [0.25, 0.3) is 5.91 Å². The lowest BCUT2D eigenvalue weighted by molar-refractivity contribution is 0.102. The number of pyridine rings is 1. The standard InChI is InChI=1S/C13H9FN4O/c14-8-4-3-6-9-11(8)12(18-17-9)16-13(19)10-5-1-2-7-15-10/h1-7H,(H2,16,17,18,19). The lowest BCUT2D eigenvalue weighted by atomic mass is 10.2. The van der Waals surface area contributed by atoms with Gasteiger partial charge in [-0.15, -0.1) is 0 Å². The van der Waals surface area contributed by atoms with Crippen LogP contribution in [0.15, 0.2) is 42.6 Å². The Morgan fingerprint density at radius 3 is 2.89 bits per heavy atom. The average molecular weight is 256 g/mol. The van der Waals surface area contributed by atoms with Crippen molar-refractivity contribution in [2.75, 3.05) is 5.32 Å². The van der Waals surface area contributed by atoms with Crippen LogP contribution in [0.5, 0.6) is 0 Å². The predicted octanol–water partition coefficient (Wildman–Crippen LogP) is 2.35. The van der Waals surface area contributed by atoms with Crippen molar-refractivity contribution >= 4 is 22.6 Å². The Hall–Kier alpha value is -2.76. The zero-order valence-electron chi connectivity index (χ0n) is 9.72. The normalized spacial score (nSPS) is 10.6. The molecule has 3 rings (SSSR count). The summed E-state index contributed by atoms with van der Waals surface area (Å²) in [5.74, 6) is -0.719. The molecule has 3 aromatic rings. The molecule has 5 nitrogen and oxygen atoms in total. The van der Waals surface area contributed by atoms with E-state index >= 15 is 0 Å². The molecule has 0 radical (unpaired) electrons. The molecular formula is C13H9FN4O. The van der Waals surface area contributed by atoms with Gasteiger partial charge in [0.05, 0.1) is 10.9 Å². The van der Waals surface area contributed by atoms with E-state index in [9.17, 15) is 9.18 Å². The molecule has 0 spiro atoms. The molecule has 2 aromatic heterocycles. The molecule has 0 bridgehead atoms. The van der Waals surface area contributed by atoms with Gasteiger partial charge >= 0.3 is 0 Å². The zero-order chi connectivity index (χ0) is 13.2. The molecule has 0 saturated carbocycles. The second kappa shape index (κ2) is 4.49. The van der Waals surface area contributed by atoms with E-state index in [0.717, 1.165) is 0 Å². The van der Waals surface area contributed by atoms with E-state index in [4.69, 9.17) is 0 Å². The SMILES string of the molecule is O=C(Nc1n[nH]c2cccc(F)c12)c1ccccn1. The molecule has 19 heavy (non-hydrogen) atoms. The maximum atomic E-state index is 13.7. The van der Waals surface area contributed by atoms with Crippen molar-refractivity contribution in [3.8, 4) is 0 Å². The minimum atomic E-state index is -0.442. The van der Waals surface area contributed by atoms with Crippen LogP contribution in [0.2, 0.25) is 0 Å². The van der Waals surface area contributed by atoms with Crippen LogP contribution in [0.25, 0.3) is 10.9 Å². The van der Waals surface area contributed by atoms with Gasteiger partial charge in [0.1, 0.15) is 11.5 Å². The number of halogens is 1. The van der Waals surface area contributed by atoms with Crippen molar-refractivity contribution in [3.63, 3.8) is 0 Å². The Morgan fingerprint density at radius 2 is 2.11 bits per heavy atom. The van der Waals surface area contributed by atoms with E-state index in [1.807, 2.05) is 0 Å². The number of hydrogen-bond donors (Lipinski definition) is 2. The Balaban J connectivity index is 1.96. The number of nitrogens with one attached hydrogen (secondary N) is 2. The van der Waals surface area contributed by atoms with Crippen molar-refractivity contribution in [1.82, 2.24) is 15.2 Å². The second-order valence-electron chi connectivity index (χ2n) is 3.90. The second-order valence-corrected chi connectivity index (χ2v) is 3.90. The predicted molar refractivity (Wildman–Crippen MR) is 68.2 cm³/mol. The summed E-state index contributed by atoms with van der Waals surface area (Å²) in [7, 11) is 0. The fourth-order valence-electron chi connectivity index (χ4n) is 1.79. The molecule has 0 atom stereocenters. The topological polar surface area (TPSA) is 70.7 Å². The zero-order valence-corrected chi connectivity index (χ0v) is 9.72. The third-order valence-corrected chi connectivity index (χ3v) is 2.67. The van der Waals surface area contributed by atoms with Crippen LogP contribution in [0.4, 0.5) is 10.2 Å². The van der Waals surface area contributed by atoms with Crippen LogP contribution in [-0.2, 0) is 0 Å². The quantitative estimate of drug-likeness (QED) is 0.739. The molecule has 2 heterocycles. The van der Waals surface area contributed by atoms with Crippen LogP contribution < -0.4 is 5.32 Å². The molecular weight excluding hydrogens is 247 g/mol. The van der Waals surface area contributed by atoms with Crippen LogP contribution in [0.1, 0.15) is 10.5 Å². The van der Waals surface area contributed by atoms with Gasteiger partial charge in [-0.05, 0) is 24.3 Å². The van der Waals surface area contributed by atoms with Crippen LogP contribution in [0, 0.1) is 5.82 Å². The highest BCUT2D eigenvalue weighted by molar-refractivity contribution is 6.06. The Bertz CT molecular complexity index is 739. The molecule has 1 aromatic carbocycles. The van der Waals surface area contributed by atoms with E-state index in [0.29, 0.717) is 5.52 Å². The highest BCUT2D eigenvalue weighted by Crippen LogP contribution is 2.23. The van der Waals surface area contributed by atoms with Gasteiger partial charge in [-0.2, -0.15) is 5.10 Å². The minimum Gasteiger partial charge on any atom is -0.303 e. The lowest BCUT2D eigenvalue weighted by Crippen LogP contribution is -2.13. The van der Waals surface area contributed by atoms with Gasteiger partial charge in [0, 0.05) is 6.20 Å². The highest BCUT2D eigenvalue weighted by atomic mass is 19.1. The van der Waals surface area contributed by atoms with Crippen molar-refractivity contribution < 1.29 is 9.18 Å². The molecule has 2 N–H and O–H groups in total. The van der Waals surface area contributed by atoms with Gasteiger partial charge in [-0.1, -0.05) is 12.1 Å². The maximum Gasteiger partial charge on any atom is 0.275 e. The number of fused-ring (bicyclic) bond motifs is 1. The number of rotatable bonds is 2. The van der Waals surface area contributed by atoms with Crippen LogP contribution in [0.3, 0.4) is 0 Å². The first-order chi connectivity index (χ1) is 9.25. The molecule has 0 fully saturated rings. The number of hydrogen-bond acceptors (Lipinski definition) is 3. The lowest BCUT2D eigenvalue weighted by Gasteiger charge is -2.01. The Labute approximate surface area is 107 Å². The summed E-state index contributed by atoms with van der Waals surface area (Å²) in [6, 6.07) is 9.54.